The first-order valence-electron chi connectivity index (χ1n) is 8.16. The van der Waals surface area contributed by atoms with Crippen molar-refractivity contribution in [2.24, 2.45) is 5.92 Å². The summed E-state index contributed by atoms with van der Waals surface area (Å²) in [5.41, 5.74) is 0.625. The van der Waals surface area contributed by atoms with Gasteiger partial charge in [0.2, 0.25) is 0 Å². The van der Waals surface area contributed by atoms with Gasteiger partial charge >= 0.3 is 11.9 Å². The van der Waals surface area contributed by atoms with Gasteiger partial charge in [-0.3, -0.25) is 4.79 Å². The molecule has 0 bridgehead atoms. The molecule has 2 atom stereocenters. The third kappa shape index (κ3) is 4.81. The van der Waals surface area contributed by atoms with Crippen LogP contribution in [0.15, 0.2) is 24.3 Å². The SMILES string of the molecule is COC(=O)c1ccc(C(=O)OCC(=O)N[C@@H]2CCCC[C@@H]2C)cc1. The van der Waals surface area contributed by atoms with Gasteiger partial charge in [0, 0.05) is 6.04 Å². The summed E-state index contributed by atoms with van der Waals surface area (Å²) < 4.78 is 9.61. The second kappa shape index (κ2) is 8.47. The molecule has 24 heavy (non-hydrogen) atoms. The predicted molar refractivity (Wildman–Crippen MR) is 87.6 cm³/mol. The normalized spacial score (nSPS) is 20.1. The number of carbonyl (C=O) groups is 3. The van der Waals surface area contributed by atoms with Crippen LogP contribution < -0.4 is 5.32 Å². The van der Waals surface area contributed by atoms with E-state index in [1.807, 2.05) is 0 Å². The Labute approximate surface area is 141 Å². The van der Waals surface area contributed by atoms with Gasteiger partial charge in [-0.2, -0.15) is 0 Å². The van der Waals surface area contributed by atoms with Crippen LogP contribution in [0.25, 0.3) is 0 Å². The van der Waals surface area contributed by atoms with Gasteiger partial charge in [-0.1, -0.05) is 19.8 Å². The van der Waals surface area contributed by atoms with Crippen LogP contribution in [0.4, 0.5) is 0 Å². The lowest BCUT2D eigenvalue weighted by Gasteiger charge is -2.29. The topological polar surface area (TPSA) is 81.7 Å². The molecule has 0 unspecified atom stereocenters. The second-order valence-electron chi connectivity index (χ2n) is 6.08. The molecule has 0 radical (unpaired) electrons. The lowest BCUT2D eigenvalue weighted by molar-refractivity contribution is -0.125. The molecule has 1 aromatic rings. The molecule has 130 valence electrons. The van der Waals surface area contributed by atoms with E-state index in [4.69, 9.17) is 4.74 Å². The molecule has 0 aromatic heterocycles. The summed E-state index contributed by atoms with van der Waals surface area (Å²) in [6.07, 6.45) is 4.39. The van der Waals surface area contributed by atoms with E-state index in [-0.39, 0.29) is 24.1 Å². The van der Waals surface area contributed by atoms with Crippen molar-refractivity contribution in [3.8, 4) is 0 Å². The van der Waals surface area contributed by atoms with E-state index in [0.717, 1.165) is 19.3 Å². The average Bonchev–Trinajstić information content (AvgIpc) is 2.61. The minimum atomic E-state index is -0.599. The minimum absolute atomic E-state index is 0.157. The van der Waals surface area contributed by atoms with Crippen molar-refractivity contribution < 1.29 is 23.9 Å². The summed E-state index contributed by atoms with van der Waals surface area (Å²) in [5, 5.41) is 2.93. The van der Waals surface area contributed by atoms with Crippen molar-refractivity contribution in [2.45, 2.75) is 38.6 Å². The van der Waals surface area contributed by atoms with Crippen molar-refractivity contribution in [3.63, 3.8) is 0 Å². The summed E-state index contributed by atoms with van der Waals surface area (Å²) in [5.74, 6) is -0.910. The molecule has 1 aliphatic carbocycles. The van der Waals surface area contributed by atoms with E-state index in [1.54, 1.807) is 0 Å². The Balaban J connectivity index is 1.81. The third-order valence-corrected chi connectivity index (χ3v) is 4.33. The van der Waals surface area contributed by atoms with Crippen molar-refractivity contribution in [3.05, 3.63) is 35.4 Å². The molecular formula is C18H23NO5. The highest BCUT2D eigenvalue weighted by Crippen LogP contribution is 2.23. The first-order chi connectivity index (χ1) is 11.5. The number of ether oxygens (including phenoxy) is 2. The fourth-order valence-electron chi connectivity index (χ4n) is 2.85. The van der Waals surface area contributed by atoms with Gasteiger partial charge < -0.3 is 14.8 Å². The first-order valence-corrected chi connectivity index (χ1v) is 8.16. The molecule has 1 fully saturated rings. The van der Waals surface area contributed by atoms with Crippen LogP contribution in [0.5, 0.6) is 0 Å². The Morgan fingerprint density at radius 3 is 2.21 bits per heavy atom. The van der Waals surface area contributed by atoms with Gasteiger partial charge in [-0.15, -0.1) is 0 Å². The molecule has 0 saturated heterocycles. The second-order valence-corrected chi connectivity index (χ2v) is 6.08. The van der Waals surface area contributed by atoms with E-state index < -0.39 is 11.9 Å². The molecule has 0 spiro atoms. The molecular weight excluding hydrogens is 310 g/mol. The van der Waals surface area contributed by atoms with E-state index in [1.165, 1.54) is 37.8 Å². The standard InChI is InChI=1S/C18H23NO5/c1-12-5-3-4-6-15(12)19-16(20)11-24-18(22)14-9-7-13(8-10-14)17(21)23-2/h7-10,12,15H,3-6,11H2,1-2H3,(H,19,20)/t12-,15+/m0/s1. The summed E-state index contributed by atoms with van der Waals surface area (Å²) in [4.78, 5) is 35.2. The van der Waals surface area contributed by atoms with Gasteiger partial charge in [0.1, 0.15) is 0 Å². The van der Waals surface area contributed by atoms with Gasteiger partial charge in [0.05, 0.1) is 18.2 Å². The predicted octanol–water partition coefficient (Wildman–Crippen LogP) is 2.32. The highest BCUT2D eigenvalue weighted by Gasteiger charge is 2.23. The highest BCUT2D eigenvalue weighted by molar-refractivity contribution is 5.94. The van der Waals surface area contributed by atoms with Crippen LogP contribution in [0.3, 0.4) is 0 Å². The molecule has 1 amide bonds. The maximum atomic E-state index is 11.9. The number of rotatable bonds is 5. The molecule has 1 N–H and O–H groups in total. The van der Waals surface area contributed by atoms with Crippen LogP contribution in [-0.2, 0) is 14.3 Å². The molecule has 0 aliphatic heterocycles. The Morgan fingerprint density at radius 1 is 1.04 bits per heavy atom. The fourth-order valence-corrected chi connectivity index (χ4v) is 2.85. The summed E-state index contributed by atoms with van der Waals surface area (Å²) in [7, 11) is 1.29. The van der Waals surface area contributed by atoms with Crippen LogP contribution in [-0.4, -0.2) is 37.6 Å². The van der Waals surface area contributed by atoms with E-state index >= 15 is 0 Å². The maximum Gasteiger partial charge on any atom is 0.338 e. The number of carbonyl (C=O) groups excluding carboxylic acids is 3. The molecule has 1 saturated carbocycles. The van der Waals surface area contributed by atoms with Crippen molar-refractivity contribution in [2.75, 3.05) is 13.7 Å². The molecule has 1 aromatic carbocycles. The smallest absolute Gasteiger partial charge is 0.338 e. The largest absolute Gasteiger partial charge is 0.465 e. The number of methoxy groups -OCH3 is 1. The lowest BCUT2D eigenvalue weighted by Crippen LogP contribution is -2.42. The molecule has 0 heterocycles. The highest BCUT2D eigenvalue weighted by atomic mass is 16.5. The minimum Gasteiger partial charge on any atom is -0.465 e. The zero-order chi connectivity index (χ0) is 17.5. The van der Waals surface area contributed by atoms with Crippen molar-refractivity contribution in [1.82, 2.24) is 5.32 Å². The Kier molecular flexibility index (Phi) is 6.35. The molecule has 1 aliphatic rings. The Morgan fingerprint density at radius 2 is 1.62 bits per heavy atom. The Bertz CT molecular complexity index is 596. The fraction of sp³-hybridized carbons (Fsp3) is 0.500. The average molecular weight is 333 g/mol. The van der Waals surface area contributed by atoms with E-state index in [9.17, 15) is 14.4 Å². The molecule has 6 nitrogen and oxygen atoms in total. The van der Waals surface area contributed by atoms with Crippen LogP contribution in [0.2, 0.25) is 0 Å². The lowest BCUT2D eigenvalue weighted by atomic mass is 9.86. The monoisotopic (exact) mass is 333 g/mol. The molecule has 2 rings (SSSR count). The third-order valence-electron chi connectivity index (χ3n) is 4.33. The number of benzene rings is 1. The zero-order valence-corrected chi connectivity index (χ0v) is 14.0. The summed E-state index contributed by atoms with van der Waals surface area (Å²) in [6.45, 7) is 1.82. The van der Waals surface area contributed by atoms with Gasteiger partial charge in [-0.05, 0) is 43.0 Å². The zero-order valence-electron chi connectivity index (χ0n) is 14.0. The van der Waals surface area contributed by atoms with Crippen molar-refractivity contribution >= 4 is 17.8 Å². The van der Waals surface area contributed by atoms with Gasteiger partial charge in [-0.25, -0.2) is 9.59 Å². The number of hydrogen-bond acceptors (Lipinski definition) is 5. The summed E-state index contributed by atoms with van der Waals surface area (Å²) in [6, 6.07) is 6.05. The van der Waals surface area contributed by atoms with E-state index in [0.29, 0.717) is 11.5 Å². The van der Waals surface area contributed by atoms with Crippen molar-refractivity contribution in [1.29, 1.82) is 0 Å². The van der Waals surface area contributed by atoms with Crippen LogP contribution in [0.1, 0.15) is 53.3 Å². The van der Waals surface area contributed by atoms with Crippen LogP contribution >= 0.6 is 0 Å². The Hall–Kier alpha value is -2.37. The van der Waals surface area contributed by atoms with Crippen LogP contribution in [0, 0.1) is 5.92 Å². The first kappa shape index (κ1) is 18.0. The van der Waals surface area contributed by atoms with Gasteiger partial charge in [0.15, 0.2) is 6.61 Å². The number of esters is 2. The molecule has 6 heteroatoms. The maximum absolute atomic E-state index is 11.9. The van der Waals surface area contributed by atoms with Gasteiger partial charge in [0.25, 0.3) is 5.91 Å². The quantitative estimate of drug-likeness (QED) is 0.836. The summed E-state index contributed by atoms with van der Waals surface area (Å²) >= 11 is 0. The van der Waals surface area contributed by atoms with E-state index in [2.05, 4.69) is 17.0 Å². The number of nitrogens with one attached hydrogen (secondary N) is 1. The number of hydrogen-bond donors (Lipinski definition) is 1. The number of amides is 1.